The fourth-order valence-electron chi connectivity index (χ4n) is 1.99. The van der Waals surface area contributed by atoms with Gasteiger partial charge in [-0.2, -0.15) is 0 Å². The molecule has 0 saturated heterocycles. The van der Waals surface area contributed by atoms with Gasteiger partial charge < -0.3 is 10.4 Å². The number of halogens is 1. The lowest BCUT2D eigenvalue weighted by molar-refractivity contribution is -0.141. The van der Waals surface area contributed by atoms with Crippen LogP contribution in [0.15, 0.2) is 18.2 Å². The second-order valence-corrected chi connectivity index (χ2v) is 4.25. The van der Waals surface area contributed by atoms with Gasteiger partial charge in [0.1, 0.15) is 5.82 Å². The highest BCUT2D eigenvalue weighted by atomic mass is 19.1. The molecule has 4 nitrogen and oxygen atoms in total. The zero-order valence-corrected chi connectivity index (χ0v) is 9.24. The summed E-state index contributed by atoms with van der Waals surface area (Å²) >= 11 is 0. The second kappa shape index (κ2) is 4.16. The molecule has 1 aliphatic heterocycles. The van der Waals surface area contributed by atoms with E-state index in [4.69, 9.17) is 5.11 Å². The average Bonchev–Trinajstić information content (AvgIpc) is 2.55. The number of benzene rings is 1. The predicted molar refractivity (Wildman–Crippen MR) is 59.2 cm³/mol. The highest BCUT2D eigenvalue weighted by Gasteiger charge is 2.33. The van der Waals surface area contributed by atoms with Crippen molar-refractivity contribution in [3.63, 3.8) is 0 Å². The van der Waals surface area contributed by atoms with Crippen LogP contribution in [0.4, 0.5) is 10.1 Å². The molecular formula is C12H12FNO3. The van der Waals surface area contributed by atoms with Crippen LogP contribution >= 0.6 is 0 Å². The Morgan fingerprint density at radius 1 is 1.59 bits per heavy atom. The topological polar surface area (TPSA) is 66.4 Å². The van der Waals surface area contributed by atoms with E-state index in [0.29, 0.717) is 11.3 Å². The van der Waals surface area contributed by atoms with Crippen molar-refractivity contribution < 1.29 is 19.1 Å². The molecule has 2 atom stereocenters. The van der Waals surface area contributed by atoms with Crippen LogP contribution in [0, 0.1) is 11.7 Å². The molecular weight excluding hydrogens is 225 g/mol. The summed E-state index contributed by atoms with van der Waals surface area (Å²) in [5, 5.41) is 11.4. The molecule has 1 aromatic rings. The first-order chi connectivity index (χ1) is 7.99. The van der Waals surface area contributed by atoms with E-state index in [1.54, 1.807) is 0 Å². The summed E-state index contributed by atoms with van der Waals surface area (Å²) in [6, 6.07) is 4.04. The maximum Gasteiger partial charge on any atom is 0.306 e. The molecule has 0 spiro atoms. The zero-order valence-electron chi connectivity index (χ0n) is 9.24. The molecule has 90 valence electrons. The van der Waals surface area contributed by atoms with Crippen molar-refractivity contribution in [2.75, 3.05) is 5.32 Å². The van der Waals surface area contributed by atoms with Crippen molar-refractivity contribution in [2.24, 2.45) is 5.92 Å². The van der Waals surface area contributed by atoms with Gasteiger partial charge in [-0.1, -0.05) is 6.92 Å². The van der Waals surface area contributed by atoms with Crippen LogP contribution in [0.5, 0.6) is 0 Å². The first-order valence-electron chi connectivity index (χ1n) is 5.32. The van der Waals surface area contributed by atoms with Crippen LogP contribution in [-0.4, -0.2) is 17.0 Å². The molecule has 1 amide bonds. The number of aliphatic carboxylic acids is 1. The fraction of sp³-hybridized carbons (Fsp3) is 0.333. The van der Waals surface area contributed by atoms with E-state index in [9.17, 15) is 14.0 Å². The summed E-state index contributed by atoms with van der Waals surface area (Å²) in [5.41, 5.74) is 1.11. The molecule has 0 radical (unpaired) electrons. The molecule has 5 heteroatoms. The van der Waals surface area contributed by atoms with Gasteiger partial charge in [0.15, 0.2) is 0 Å². The van der Waals surface area contributed by atoms with E-state index in [1.165, 1.54) is 25.1 Å². The van der Waals surface area contributed by atoms with E-state index in [0.717, 1.165) is 0 Å². The van der Waals surface area contributed by atoms with E-state index in [-0.39, 0.29) is 12.3 Å². The molecule has 2 unspecified atom stereocenters. The molecule has 1 aliphatic rings. The highest BCUT2D eigenvalue weighted by molar-refractivity contribution is 6.03. The molecule has 0 bridgehead atoms. The molecule has 2 rings (SSSR count). The van der Waals surface area contributed by atoms with Crippen LogP contribution in [0.2, 0.25) is 0 Å². The van der Waals surface area contributed by atoms with Crippen molar-refractivity contribution in [3.8, 4) is 0 Å². The summed E-state index contributed by atoms with van der Waals surface area (Å²) < 4.78 is 13.1. The quantitative estimate of drug-likeness (QED) is 0.844. The van der Waals surface area contributed by atoms with Gasteiger partial charge in [-0.25, -0.2) is 4.39 Å². The van der Waals surface area contributed by atoms with Crippen LogP contribution in [0.3, 0.4) is 0 Å². The van der Waals surface area contributed by atoms with Gasteiger partial charge in [0.2, 0.25) is 5.91 Å². The maximum atomic E-state index is 13.1. The van der Waals surface area contributed by atoms with Gasteiger partial charge in [0, 0.05) is 5.69 Å². The van der Waals surface area contributed by atoms with Gasteiger partial charge in [-0.05, 0) is 30.2 Å². The summed E-state index contributed by atoms with van der Waals surface area (Å²) in [6.45, 7) is 1.53. The predicted octanol–water partition coefficient (Wildman–Crippen LogP) is 1.97. The summed E-state index contributed by atoms with van der Waals surface area (Å²) in [6.07, 6.45) is 0.178. The van der Waals surface area contributed by atoms with Crippen molar-refractivity contribution in [3.05, 3.63) is 29.6 Å². The SMILES string of the molecule is CC(CC1C(=O)Nc2ccc(F)cc21)C(=O)O. The third-order valence-corrected chi connectivity index (χ3v) is 2.97. The van der Waals surface area contributed by atoms with E-state index < -0.39 is 23.6 Å². The highest BCUT2D eigenvalue weighted by Crippen LogP contribution is 2.36. The maximum absolute atomic E-state index is 13.1. The minimum Gasteiger partial charge on any atom is -0.481 e. The minimum atomic E-state index is -0.956. The van der Waals surface area contributed by atoms with Gasteiger partial charge >= 0.3 is 5.97 Å². The van der Waals surface area contributed by atoms with E-state index in [1.807, 2.05) is 0 Å². The van der Waals surface area contributed by atoms with Crippen molar-refractivity contribution in [1.29, 1.82) is 0 Å². The average molecular weight is 237 g/mol. The van der Waals surface area contributed by atoms with Crippen molar-refractivity contribution >= 4 is 17.6 Å². The Morgan fingerprint density at radius 2 is 2.29 bits per heavy atom. The third kappa shape index (κ3) is 2.13. The molecule has 17 heavy (non-hydrogen) atoms. The van der Waals surface area contributed by atoms with Gasteiger partial charge in [0.05, 0.1) is 11.8 Å². The normalized spacial score (nSPS) is 19.6. The molecule has 0 aromatic heterocycles. The smallest absolute Gasteiger partial charge is 0.306 e. The first-order valence-corrected chi connectivity index (χ1v) is 5.32. The molecule has 0 aliphatic carbocycles. The van der Waals surface area contributed by atoms with Crippen molar-refractivity contribution in [2.45, 2.75) is 19.3 Å². The number of hydrogen-bond acceptors (Lipinski definition) is 2. The number of rotatable bonds is 3. The number of carboxylic acids is 1. The molecule has 0 saturated carbocycles. The van der Waals surface area contributed by atoms with Crippen molar-refractivity contribution in [1.82, 2.24) is 0 Å². The van der Waals surface area contributed by atoms with E-state index in [2.05, 4.69) is 5.32 Å². The Balaban J connectivity index is 2.28. The number of carbonyl (C=O) groups is 2. The van der Waals surface area contributed by atoms with Gasteiger partial charge in [-0.15, -0.1) is 0 Å². The molecule has 1 aromatic carbocycles. The Bertz CT molecular complexity index is 487. The Kier molecular flexibility index (Phi) is 2.83. The Hall–Kier alpha value is -1.91. The molecule has 0 fully saturated rings. The number of hydrogen-bond donors (Lipinski definition) is 2. The number of carboxylic acid groups (broad SMARTS) is 1. The third-order valence-electron chi connectivity index (χ3n) is 2.97. The number of amides is 1. The molecule has 2 N–H and O–H groups in total. The molecule has 1 heterocycles. The first kappa shape index (κ1) is 11.6. The van der Waals surface area contributed by atoms with Gasteiger partial charge in [0.25, 0.3) is 0 Å². The lowest BCUT2D eigenvalue weighted by atomic mass is 9.90. The lowest BCUT2D eigenvalue weighted by Gasteiger charge is -2.11. The van der Waals surface area contributed by atoms with Gasteiger partial charge in [-0.3, -0.25) is 9.59 Å². The largest absolute Gasteiger partial charge is 0.481 e. The van der Waals surface area contributed by atoms with E-state index >= 15 is 0 Å². The van der Waals surface area contributed by atoms with Crippen LogP contribution < -0.4 is 5.32 Å². The summed E-state index contributed by atoms with van der Waals surface area (Å²) in [4.78, 5) is 22.4. The number of nitrogens with one attached hydrogen (secondary N) is 1. The zero-order chi connectivity index (χ0) is 12.6. The Morgan fingerprint density at radius 3 is 2.94 bits per heavy atom. The minimum absolute atomic E-state index is 0.178. The van der Waals surface area contributed by atoms with Crippen LogP contribution in [0.1, 0.15) is 24.8 Å². The summed E-state index contributed by atoms with van der Waals surface area (Å²) in [7, 11) is 0. The number of carbonyl (C=O) groups excluding carboxylic acids is 1. The fourth-order valence-corrected chi connectivity index (χ4v) is 1.99. The Labute approximate surface area is 97.4 Å². The monoisotopic (exact) mass is 237 g/mol. The number of fused-ring (bicyclic) bond motifs is 1. The second-order valence-electron chi connectivity index (χ2n) is 4.25. The summed E-state index contributed by atoms with van der Waals surface area (Å²) in [5.74, 6) is -2.86. The number of anilines is 1. The lowest BCUT2D eigenvalue weighted by Crippen LogP contribution is -2.19. The van der Waals surface area contributed by atoms with Crippen LogP contribution in [-0.2, 0) is 9.59 Å². The van der Waals surface area contributed by atoms with Crippen LogP contribution in [0.25, 0.3) is 0 Å². The standard InChI is InChI=1S/C12H12FNO3/c1-6(12(16)17)4-9-8-5-7(13)2-3-10(8)14-11(9)15/h2-3,5-6,9H,4H2,1H3,(H,14,15)(H,16,17).